The van der Waals surface area contributed by atoms with Crippen molar-refractivity contribution in [1.82, 2.24) is 0 Å². The Kier molecular flexibility index (Phi) is 8.41. The van der Waals surface area contributed by atoms with Gasteiger partial charge in [0.05, 0.1) is 12.7 Å². The lowest BCUT2D eigenvalue weighted by Crippen LogP contribution is -2.61. The zero-order valence-electron chi connectivity index (χ0n) is 22.3. The average molecular weight is 611 g/mol. The fourth-order valence-corrected chi connectivity index (χ4v) is 4.83. The molecule has 0 bridgehead atoms. The van der Waals surface area contributed by atoms with Crippen molar-refractivity contribution < 1.29 is 74.4 Å². The van der Waals surface area contributed by atoms with Gasteiger partial charge in [-0.05, 0) is 31.2 Å². The molecule has 234 valence electrons. The second kappa shape index (κ2) is 11.8. The Balaban J connectivity index is 1.46. The van der Waals surface area contributed by atoms with Gasteiger partial charge in [-0.1, -0.05) is 0 Å². The molecule has 3 aromatic rings. The summed E-state index contributed by atoms with van der Waals surface area (Å²) >= 11 is 0. The number of ether oxygens (including phenoxy) is 4. The summed E-state index contributed by atoms with van der Waals surface area (Å²) in [5.41, 5.74) is -1.59. The largest absolute Gasteiger partial charge is 0.508 e. The zero-order chi connectivity index (χ0) is 31.3. The lowest BCUT2D eigenvalue weighted by molar-refractivity contribution is -0.318. The number of phenols is 3. The van der Waals surface area contributed by atoms with Crippen LogP contribution in [0.4, 0.5) is 0 Å². The van der Waals surface area contributed by atoms with Crippen molar-refractivity contribution in [2.45, 2.75) is 68.3 Å². The predicted molar refractivity (Wildman–Crippen MR) is 140 cm³/mol. The van der Waals surface area contributed by atoms with Gasteiger partial charge in [0.1, 0.15) is 59.6 Å². The normalized spacial score (nSPS) is 33.0. The molecule has 0 aliphatic carbocycles. The van der Waals surface area contributed by atoms with Crippen LogP contribution in [0, 0.1) is 0 Å². The molecule has 1 aromatic heterocycles. The molecule has 3 heterocycles. The third-order valence-corrected chi connectivity index (χ3v) is 7.32. The Hall–Kier alpha value is -3.71. The molecule has 0 unspecified atom stereocenters. The van der Waals surface area contributed by atoms with Gasteiger partial charge in [0, 0.05) is 11.6 Å². The van der Waals surface area contributed by atoms with Crippen LogP contribution in [-0.2, 0) is 14.2 Å². The number of rotatable bonds is 6. The van der Waals surface area contributed by atoms with Crippen molar-refractivity contribution >= 4 is 11.0 Å². The van der Waals surface area contributed by atoms with Crippen molar-refractivity contribution in [2.75, 3.05) is 6.61 Å². The fraction of sp³-hybridized carbons (Fsp3) is 0.444. The Morgan fingerprint density at radius 3 is 2.07 bits per heavy atom. The van der Waals surface area contributed by atoms with Gasteiger partial charge >= 0.3 is 0 Å². The number of benzene rings is 2. The van der Waals surface area contributed by atoms with Gasteiger partial charge in [0.2, 0.25) is 23.2 Å². The monoisotopic (exact) mass is 610 g/mol. The first-order chi connectivity index (χ1) is 20.3. The molecule has 0 amide bonds. The van der Waals surface area contributed by atoms with Gasteiger partial charge in [-0.15, -0.1) is 0 Å². The Labute approximate surface area is 241 Å². The predicted octanol–water partition coefficient (Wildman–Crippen LogP) is -1.69. The minimum Gasteiger partial charge on any atom is -0.508 e. The van der Waals surface area contributed by atoms with E-state index in [9.17, 15) is 55.9 Å². The molecule has 2 aromatic carbocycles. The number of aromatic hydroxyl groups is 4. The van der Waals surface area contributed by atoms with Crippen molar-refractivity contribution in [2.24, 2.45) is 0 Å². The van der Waals surface area contributed by atoms with Gasteiger partial charge < -0.3 is 74.4 Å². The quantitative estimate of drug-likeness (QED) is 0.149. The molecule has 2 aliphatic rings. The second-order valence-corrected chi connectivity index (χ2v) is 10.3. The van der Waals surface area contributed by atoms with E-state index in [4.69, 9.17) is 23.4 Å². The van der Waals surface area contributed by atoms with E-state index in [1.165, 1.54) is 31.2 Å². The molecule has 5 rings (SSSR count). The van der Waals surface area contributed by atoms with Crippen LogP contribution in [0.3, 0.4) is 0 Å². The molecule has 0 saturated carbocycles. The van der Waals surface area contributed by atoms with Crippen LogP contribution in [0.1, 0.15) is 6.92 Å². The maximum absolute atomic E-state index is 13.0. The maximum atomic E-state index is 13.0. The van der Waals surface area contributed by atoms with E-state index in [0.717, 1.165) is 0 Å². The summed E-state index contributed by atoms with van der Waals surface area (Å²) < 4.78 is 27.6. The molecule has 43 heavy (non-hydrogen) atoms. The summed E-state index contributed by atoms with van der Waals surface area (Å²) in [6.07, 6.45) is -16.1. The van der Waals surface area contributed by atoms with E-state index in [1.807, 2.05) is 0 Å². The van der Waals surface area contributed by atoms with Gasteiger partial charge in [0.25, 0.3) is 0 Å². The number of hydrogen-bond donors (Lipinski definition) is 10. The van der Waals surface area contributed by atoms with Crippen LogP contribution in [0.5, 0.6) is 28.7 Å². The molecular weight excluding hydrogens is 580 g/mol. The maximum Gasteiger partial charge on any atom is 0.238 e. The van der Waals surface area contributed by atoms with Crippen LogP contribution in [-0.4, -0.2) is 119 Å². The Bertz CT molecular complexity index is 1520. The summed E-state index contributed by atoms with van der Waals surface area (Å²) in [5.74, 6) is -3.71. The van der Waals surface area contributed by atoms with E-state index in [0.29, 0.717) is 6.07 Å². The van der Waals surface area contributed by atoms with E-state index < -0.39 is 113 Å². The van der Waals surface area contributed by atoms with E-state index in [1.54, 1.807) is 0 Å². The summed E-state index contributed by atoms with van der Waals surface area (Å²) in [7, 11) is 0. The van der Waals surface area contributed by atoms with Gasteiger partial charge in [0.15, 0.2) is 23.4 Å². The SMILES string of the molecule is C[C@H]1O[C@@H](OC[C@@H]2O[C@@H](Oc3c(O)cc(O)c4c(=O)c(O)c(-c5ccc(O)cc5)oc34)[C@H](O)[C@H](O)[C@@H]2O)[C@H](O)[C@@H](O)[C@H]1O. The molecule has 10 N–H and O–H groups in total. The van der Waals surface area contributed by atoms with Crippen LogP contribution < -0.4 is 10.2 Å². The van der Waals surface area contributed by atoms with Crippen molar-refractivity contribution in [3.05, 3.63) is 40.6 Å². The molecule has 2 saturated heterocycles. The molecule has 0 spiro atoms. The minimum atomic E-state index is -1.96. The zero-order valence-corrected chi connectivity index (χ0v) is 22.3. The Morgan fingerprint density at radius 2 is 1.40 bits per heavy atom. The highest BCUT2D eigenvalue weighted by atomic mass is 16.7. The number of aliphatic hydroxyl groups excluding tert-OH is 6. The summed E-state index contributed by atoms with van der Waals surface area (Å²) in [6.45, 7) is 0.823. The lowest BCUT2D eigenvalue weighted by atomic mass is 9.98. The highest BCUT2D eigenvalue weighted by molar-refractivity contribution is 5.93. The Morgan fingerprint density at radius 1 is 0.767 bits per heavy atom. The van der Waals surface area contributed by atoms with E-state index >= 15 is 0 Å². The average Bonchev–Trinajstić information content (AvgIpc) is 2.97. The van der Waals surface area contributed by atoms with Crippen molar-refractivity contribution in [1.29, 1.82) is 0 Å². The van der Waals surface area contributed by atoms with Gasteiger partial charge in [-0.25, -0.2) is 0 Å². The standard InChI is InChI=1S/C27H30O16/c1-8-15(31)18(34)21(37)26(40-8)39-7-13-16(32)19(35)22(38)27(41-13)43-24-12(30)6-11(29)14-17(33)20(36)23(42-25(14)24)9-2-4-10(28)5-3-9/h2-6,8,13,15-16,18-19,21-22,26-32,34-38H,7H2,1H3/t8-,13+,15+,16-,18+,19-,21-,22-,26-,27+/m1/s1. The number of fused-ring (bicyclic) bond motifs is 1. The third-order valence-electron chi connectivity index (χ3n) is 7.32. The molecule has 10 atom stereocenters. The van der Waals surface area contributed by atoms with E-state index in [-0.39, 0.29) is 11.3 Å². The van der Waals surface area contributed by atoms with Crippen LogP contribution in [0.25, 0.3) is 22.3 Å². The molecule has 16 nitrogen and oxygen atoms in total. The molecule has 2 fully saturated rings. The van der Waals surface area contributed by atoms with Crippen molar-refractivity contribution in [3.8, 4) is 40.1 Å². The smallest absolute Gasteiger partial charge is 0.238 e. The van der Waals surface area contributed by atoms with Gasteiger partial charge in [-0.2, -0.15) is 0 Å². The topological polar surface area (TPSA) is 269 Å². The van der Waals surface area contributed by atoms with Gasteiger partial charge in [-0.3, -0.25) is 4.79 Å². The van der Waals surface area contributed by atoms with E-state index in [2.05, 4.69) is 0 Å². The highest BCUT2D eigenvalue weighted by Gasteiger charge is 2.47. The molecule has 16 heteroatoms. The van der Waals surface area contributed by atoms with Crippen LogP contribution in [0.15, 0.2) is 39.5 Å². The number of aliphatic hydroxyl groups is 6. The third kappa shape index (κ3) is 5.55. The minimum absolute atomic E-state index is 0.117. The number of phenolic OH excluding ortho intramolecular Hbond substituents is 3. The first-order valence-electron chi connectivity index (χ1n) is 13.0. The summed E-state index contributed by atoms with van der Waals surface area (Å²) in [5, 5.41) is 102. The van der Waals surface area contributed by atoms with Crippen molar-refractivity contribution in [3.63, 3.8) is 0 Å². The first-order valence-corrected chi connectivity index (χ1v) is 13.0. The summed E-state index contributed by atoms with van der Waals surface area (Å²) in [4.78, 5) is 13.0. The molecular formula is C27H30O16. The molecule has 2 aliphatic heterocycles. The second-order valence-electron chi connectivity index (χ2n) is 10.3. The number of hydrogen-bond acceptors (Lipinski definition) is 16. The highest BCUT2D eigenvalue weighted by Crippen LogP contribution is 2.44. The lowest BCUT2D eigenvalue weighted by Gasteiger charge is -2.42. The van der Waals surface area contributed by atoms with Crippen LogP contribution in [0.2, 0.25) is 0 Å². The molecule has 0 radical (unpaired) electrons. The fourth-order valence-electron chi connectivity index (χ4n) is 4.83. The van der Waals surface area contributed by atoms with Crippen LogP contribution >= 0.6 is 0 Å². The first kappa shape index (κ1) is 30.7. The summed E-state index contributed by atoms with van der Waals surface area (Å²) in [6, 6.07) is 5.83.